The molecule has 0 saturated carbocycles. The van der Waals surface area contributed by atoms with Crippen LogP contribution < -0.4 is 9.47 Å². The smallest absolute Gasteiger partial charge is 0.161 e. The highest BCUT2D eigenvalue weighted by atomic mass is 16.5. The van der Waals surface area contributed by atoms with Crippen molar-refractivity contribution in [3.63, 3.8) is 0 Å². The Hall–Kier alpha value is -3.53. The van der Waals surface area contributed by atoms with Crippen molar-refractivity contribution in [1.29, 1.82) is 0 Å². The predicted molar refractivity (Wildman–Crippen MR) is 124 cm³/mol. The molecule has 4 nitrogen and oxygen atoms in total. The number of rotatable bonds is 6. The first kappa shape index (κ1) is 19.4. The van der Waals surface area contributed by atoms with Gasteiger partial charge < -0.3 is 13.9 Å². The molecule has 0 unspecified atom stereocenters. The molecule has 0 saturated heterocycles. The maximum absolute atomic E-state index is 5.98. The number of nitrogens with zero attached hydrogens (tertiary/aromatic N) is 1. The maximum Gasteiger partial charge on any atom is 0.161 e. The molecule has 0 amide bonds. The Balaban J connectivity index is 1.64. The number of methoxy groups -OCH3 is 2. The van der Waals surface area contributed by atoms with Crippen molar-refractivity contribution in [3.05, 3.63) is 77.6 Å². The van der Waals surface area contributed by atoms with E-state index < -0.39 is 0 Å². The van der Waals surface area contributed by atoms with Gasteiger partial charge in [-0.15, -0.1) is 0 Å². The Morgan fingerprint density at radius 3 is 2.35 bits per heavy atom. The quantitative estimate of drug-likeness (QED) is 0.321. The van der Waals surface area contributed by atoms with Crippen molar-refractivity contribution < 1.29 is 13.9 Å². The number of hydrogen-bond donors (Lipinski definition) is 0. The first-order chi connectivity index (χ1) is 15.2. The number of para-hydroxylation sites is 1. The lowest BCUT2D eigenvalue weighted by molar-refractivity contribution is 0.356. The van der Waals surface area contributed by atoms with Gasteiger partial charge in [0.2, 0.25) is 0 Å². The maximum atomic E-state index is 5.98. The molecular weight excluding hydrogens is 386 g/mol. The van der Waals surface area contributed by atoms with Crippen molar-refractivity contribution in [3.8, 4) is 11.5 Å². The summed E-state index contributed by atoms with van der Waals surface area (Å²) in [5.74, 6) is 1.44. The van der Waals surface area contributed by atoms with Gasteiger partial charge >= 0.3 is 0 Å². The lowest BCUT2D eigenvalue weighted by Gasteiger charge is -2.14. The van der Waals surface area contributed by atoms with Crippen molar-refractivity contribution in [2.75, 3.05) is 14.2 Å². The SMILES string of the molecule is CCCc1n[c]c(Cc2ccc3oc4ccccc4c3c2)c2cc(OC)c(OC)cc12. The predicted octanol–water partition coefficient (Wildman–Crippen LogP) is 6.49. The van der Waals surface area contributed by atoms with Crippen LogP contribution in [0.3, 0.4) is 0 Å². The lowest BCUT2D eigenvalue weighted by atomic mass is 9.97. The number of hydrogen-bond acceptors (Lipinski definition) is 4. The summed E-state index contributed by atoms with van der Waals surface area (Å²) in [5.41, 5.74) is 5.09. The molecule has 0 aliphatic rings. The Kier molecular flexibility index (Phi) is 4.99. The first-order valence-electron chi connectivity index (χ1n) is 10.6. The van der Waals surface area contributed by atoms with Crippen LogP contribution in [0.2, 0.25) is 0 Å². The van der Waals surface area contributed by atoms with E-state index in [0.717, 1.165) is 74.7 Å². The zero-order chi connectivity index (χ0) is 21.4. The van der Waals surface area contributed by atoms with Gasteiger partial charge in [-0.2, -0.15) is 0 Å². The van der Waals surface area contributed by atoms with Gasteiger partial charge in [0, 0.05) is 28.3 Å². The second-order valence-electron chi connectivity index (χ2n) is 7.76. The second-order valence-corrected chi connectivity index (χ2v) is 7.76. The second kappa shape index (κ2) is 7.95. The Morgan fingerprint density at radius 2 is 1.58 bits per heavy atom. The summed E-state index contributed by atoms with van der Waals surface area (Å²) in [6.45, 7) is 2.16. The average Bonchev–Trinajstić information content (AvgIpc) is 3.18. The molecule has 0 fully saturated rings. The van der Waals surface area contributed by atoms with Gasteiger partial charge in [-0.1, -0.05) is 37.6 Å². The molecule has 2 heterocycles. The largest absolute Gasteiger partial charge is 0.493 e. The Bertz CT molecular complexity index is 1400. The molecular formula is C27H24NO3. The van der Waals surface area contributed by atoms with E-state index in [4.69, 9.17) is 13.9 Å². The molecule has 0 bridgehead atoms. The molecule has 5 rings (SSSR count). The molecule has 0 N–H and O–H groups in total. The molecule has 155 valence electrons. The zero-order valence-corrected chi connectivity index (χ0v) is 18.0. The van der Waals surface area contributed by atoms with Crippen LogP contribution in [0.1, 0.15) is 30.2 Å². The highest BCUT2D eigenvalue weighted by Gasteiger charge is 2.15. The van der Waals surface area contributed by atoms with Gasteiger partial charge in [-0.25, -0.2) is 0 Å². The van der Waals surface area contributed by atoms with Crippen molar-refractivity contribution in [1.82, 2.24) is 4.98 Å². The van der Waals surface area contributed by atoms with Gasteiger partial charge in [0.1, 0.15) is 11.2 Å². The van der Waals surface area contributed by atoms with E-state index in [9.17, 15) is 0 Å². The first-order valence-corrected chi connectivity index (χ1v) is 10.6. The monoisotopic (exact) mass is 410 g/mol. The van der Waals surface area contributed by atoms with E-state index in [2.05, 4.69) is 42.4 Å². The summed E-state index contributed by atoms with van der Waals surface area (Å²) in [6.07, 6.45) is 5.95. The lowest BCUT2D eigenvalue weighted by Crippen LogP contribution is -2.00. The third-order valence-corrected chi connectivity index (χ3v) is 5.79. The fourth-order valence-corrected chi connectivity index (χ4v) is 4.27. The summed E-state index contributed by atoms with van der Waals surface area (Å²) in [4.78, 5) is 4.69. The van der Waals surface area contributed by atoms with Crippen LogP contribution in [-0.2, 0) is 12.8 Å². The van der Waals surface area contributed by atoms with Crippen LogP contribution >= 0.6 is 0 Å². The number of pyridine rings is 1. The molecule has 0 spiro atoms. The van der Waals surface area contributed by atoms with E-state index in [0.29, 0.717) is 0 Å². The molecule has 31 heavy (non-hydrogen) atoms. The van der Waals surface area contributed by atoms with Crippen LogP contribution in [0.5, 0.6) is 11.5 Å². The minimum absolute atomic E-state index is 0.717. The van der Waals surface area contributed by atoms with Gasteiger partial charge in [-0.3, -0.25) is 4.98 Å². The summed E-state index contributed by atoms with van der Waals surface area (Å²) in [7, 11) is 3.33. The highest BCUT2D eigenvalue weighted by molar-refractivity contribution is 6.05. The van der Waals surface area contributed by atoms with Crippen molar-refractivity contribution in [2.24, 2.45) is 0 Å². The van der Waals surface area contributed by atoms with Crippen LogP contribution in [0.25, 0.3) is 32.7 Å². The molecule has 2 aromatic heterocycles. The fraction of sp³-hybridized carbons (Fsp3) is 0.222. The van der Waals surface area contributed by atoms with Crippen LogP contribution in [-0.4, -0.2) is 19.2 Å². The molecule has 4 heteroatoms. The summed E-state index contributed by atoms with van der Waals surface area (Å²) < 4.78 is 17.1. The number of ether oxygens (including phenoxy) is 2. The molecule has 5 aromatic rings. The Labute approximate surface area is 181 Å². The summed E-state index contributed by atoms with van der Waals surface area (Å²) >= 11 is 0. The van der Waals surface area contributed by atoms with Crippen molar-refractivity contribution in [2.45, 2.75) is 26.2 Å². The van der Waals surface area contributed by atoms with E-state index in [1.165, 1.54) is 5.56 Å². The van der Waals surface area contributed by atoms with Gasteiger partial charge in [0.25, 0.3) is 0 Å². The molecule has 1 radical (unpaired) electrons. The van der Waals surface area contributed by atoms with E-state index >= 15 is 0 Å². The number of furan rings is 1. The Morgan fingerprint density at radius 1 is 0.839 bits per heavy atom. The average molecular weight is 410 g/mol. The van der Waals surface area contributed by atoms with Gasteiger partial charge in [0.05, 0.1) is 20.4 Å². The summed E-state index contributed by atoms with van der Waals surface area (Å²) in [5, 5.41) is 4.47. The number of aromatic nitrogens is 1. The van der Waals surface area contributed by atoms with Crippen LogP contribution in [0.4, 0.5) is 0 Å². The standard InChI is InChI=1S/C27H24NO3/c1-4-7-23-21-15-27(30-3)26(29-2)14-20(21)18(16-28-23)12-17-10-11-25-22(13-17)19-8-5-6-9-24(19)31-25/h5-6,8-11,13-15H,4,7,12H2,1-3H3. The minimum Gasteiger partial charge on any atom is -0.493 e. The number of fused-ring (bicyclic) bond motifs is 4. The number of aryl methyl sites for hydroxylation is 1. The number of benzene rings is 3. The normalized spacial score (nSPS) is 11.5. The molecule has 3 aromatic carbocycles. The van der Waals surface area contributed by atoms with Gasteiger partial charge in [-0.05, 0) is 53.3 Å². The third-order valence-electron chi connectivity index (χ3n) is 5.79. The molecule has 0 aliphatic carbocycles. The molecule has 0 aliphatic heterocycles. The topological polar surface area (TPSA) is 44.5 Å². The third kappa shape index (κ3) is 3.38. The van der Waals surface area contributed by atoms with E-state index in [-0.39, 0.29) is 0 Å². The summed E-state index contributed by atoms with van der Waals surface area (Å²) in [6, 6.07) is 18.6. The molecule has 0 atom stereocenters. The fourth-order valence-electron chi connectivity index (χ4n) is 4.27. The highest BCUT2D eigenvalue weighted by Crippen LogP contribution is 2.36. The minimum atomic E-state index is 0.717. The zero-order valence-electron chi connectivity index (χ0n) is 18.0. The van der Waals surface area contributed by atoms with Gasteiger partial charge in [0.15, 0.2) is 11.5 Å². The van der Waals surface area contributed by atoms with Crippen LogP contribution in [0, 0.1) is 6.20 Å². The van der Waals surface area contributed by atoms with Crippen LogP contribution in [0.15, 0.2) is 59.0 Å². The van der Waals surface area contributed by atoms with E-state index in [1.807, 2.05) is 30.3 Å². The van der Waals surface area contributed by atoms with Crippen molar-refractivity contribution >= 4 is 32.7 Å². The van der Waals surface area contributed by atoms with E-state index in [1.54, 1.807) is 14.2 Å².